The molecule has 0 radical (unpaired) electrons. The predicted octanol–water partition coefficient (Wildman–Crippen LogP) is 2.17. The molecule has 96 valence electrons. The number of hydrogen-bond donors (Lipinski definition) is 2. The Morgan fingerprint density at radius 2 is 2.00 bits per heavy atom. The summed E-state index contributed by atoms with van der Waals surface area (Å²) in [5.74, 6) is 0. The summed E-state index contributed by atoms with van der Waals surface area (Å²) in [7, 11) is 1.68. The zero-order valence-electron chi connectivity index (χ0n) is 10.4. The van der Waals surface area contributed by atoms with Gasteiger partial charge in [0.15, 0.2) is 0 Å². The Bertz CT molecular complexity index is 321. The predicted molar refractivity (Wildman–Crippen MR) is 78.0 cm³/mol. The SMILES string of the molecule is COCC(C)(CCO)NCc1ccc(I)cc1. The Morgan fingerprint density at radius 3 is 2.53 bits per heavy atom. The highest BCUT2D eigenvalue weighted by molar-refractivity contribution is 14.1. The maximum atomic E-state index is 9.07. The quantitative estimate of drug-likeness (QED) is 0.742. The number of aliphatic hydroxyl groups is 1. The van der Waals surface area contributed by atoms with Crippen LogP contribution in [-0.4, -0.2) is 31.0 Å². The number of hydrogen-bond acceptors (Lipinski definition) is 3. The van der Waals surface area contributed by atoms with Crippen molar-refractivity contribution in [1.82, 2.24) is 5.32 Å². The minimum atomic E-state index is -0.174. The van der Waals surface area contributed by atoms with E-state index in [0.717, 1.165) is 6.54 Å². The summed E-state index contributed by atoms with van der Waals surface area (Å²) in [6, 6.07) is 8.41. The number of halogens is 1. The molecule has 1 aromatic rings. The summed E-state index contributed by atoms with van der Waals surface area (Å²) in [5, 5.41) is 12.5. The van der Waals surface area contributed by atoms with Gasteiger partial charge in [0, 0.05) is 29.4 Å². The number of aliphatic hydroxyl groups excluding tert-OH is 1. The molecule has 0 saturated carbocycles. The van der Waals surface area contributed by atoms with Gasteiger partial charge in [-0.2, -0.15) is 0 Å². The van der Waals surface area contributed by atoms with Gasteiger partial charge in [0.1, 0.15) is 0 Å². The lowest BCUT2D eigenvalue weighted by atomic mass is 9.99. The van der Waals surface area contributed by atoms with E-state index in [9.17, 15) is 0 Å². The van der Waals surface area contributed by atoms with Gasteiger partial charge >= 0.3 is 0 Å². The fourth-order valence-corrected chi connectivity index (χ4v) is 2.05. The van der Waals surface area contributed by atoms with Crippen LogP contribution in [0.3, 0.4) is 0 Å². The highest BCUT2D eigenvalue weighted by Gasteiger charge is 2.22. The maximum Gasteiger partial charge on any atom is 0.0642 e. The fourth-order valence-electron chi connectivity index (χ4n) is 1.69. The largest absolute Gasteiger partial charge is 0.396 e. The molecule has 0 heterocycles. The van der Waals surface area contributed by atoms with E-state index < -0.39 is 0 Å². The summed E-state index contributed by atoms with van der Waals surface area (Å²) < 4.78 is 6.43. The van der Waals surface area contributed by atoms with Crippen LogP contribution in [0.2, 0.25) is 0 Å². The van der Waals surface area contributed by atoms with Crippen LogP contribution >= 0.6 is 22.6 Å². The van der Waals surface area contributed by atoms with E-state index in [4.69, 9.17) is 9.84 Å². The van der Waals surface area contributed by atoms with Crippen molar-refractivity contribution in [3.05, 3.63) is 33.4 Å². The lowest BCUT2D eigenvalue weighted by molar-refractivity contribution is 0.0969. The van der Waals surface area contributed by atoms with Crippen molar-refractivity contribution in [2.24, 2.45) is 0 Å². The van der Waals surface area contributed by atoms with Crippen LogP contribution in [0.15, 0.2) is 24.3 Å². The Kier molecular flexibility index (Phi) is 6.40. The molecule has 0 aliphatic heterocycles. The van der Waals surface area contributed by atoms with E-state index >= 15 is 0 Å². The summed E-state index contributed by atoms with van der Waals surface area (Å²) in [6.45, 7) is 3.62. The van der Waals surface area contributed by atoms with E-state index in [1.54, 1.807) is 7.11 Å². The Labute approximate surface area is 117 Å². The van der Waals surface area contributed by atoms with Crippen molar-refractivity contribution in [3.8, 4) is 0 Å². The van der Waals surface area contributed by atoms with Gasteiger partial charge in [0.2, 0.25) is 0 Å². The zero-order valence-corrected chi connectivity index (χ0v) is 12.5. The third kappa shape index (κ3) is 5.33. The molecular formula is C13H20INO2. The minimum absolute atomic E-state index is 0.166. The second-order valence-electron chi connectivity index (χ2n) is 4.45. The topological polar surface area (TPSA) is 41.5 Å². The Morgan fingerprint density at radius 1 is 1.35 bits per heavy atom. The van der Waals surface area contributed by atoms with E-state index in [0.29, 0.717) is 13.0 Å². The van der Waals surface area contributed by atoms with Gasteiger partial charge in [-0.15, -0.1) is 0 Å². The number of ether oxygens (including phenoxy) is 1. The standard InChI is InChI=1S/C13H20INO2/c1-13(7-8-16,10-17-2)15-9-11-3-5-12(14)6-4-11/h3-6,15-16H,7-10H2,1-2H3. The highest BCUT2D eigenvalue weighted by Crippen LogP contribution is 2.12. The molecule has 0 aromatic heterocycles. The Balaban J connectivity index is 2.54. The number of benzene rings is 1. The average molecular weight is 349 g/mol. The molecule has 0 saturated heterocycles. The molecular weight excluding hydrogens is 329 g/mol. The smallest absolute Gasteiger partial charge is 0.0642 e. The lowest BCUT2D eigenvalue weighted by Gasteiger charge is -2.29. The van der Waals surface area contributed by atoms with Gasteiger partial charge in [-0.05, 0) is 53.6 Å². The molecule has 1 aromatic carbocycles. The van der Waals surface area contributed by atoms with Gasteiger partial charge in [-0.1, -0.05) is 12.1 Å². The van der Waals surface area contributed by atoms with Gasteiger partial charge in [-0.3, -0.25) is 0 Å². The molecule has 1 unspecified atom stereocenters. The molecule has 2 N–H and O–H groups in total. The van der Waals surface area contributed by atoms with E-state index in [-0.39, 0.29) is 12.1 Å². The average Bonchev–Trinajstić information content (AvgIpc) is 2.29. The zero-order chi connectivity index (χ0) is 12.7. The third-order valence-corrected chi connectivity index (χ3v) is 3.48. The first kappa shape index (κ1) is 14.9. The minimum Gasteiger partial charge on any atom is -0.396 e. The van der Waals surface area contributed by atoms with Crippen LogP contribution in [0.4, 0.5) is 0 Å². The summed E-state index contributed by atoms with van der Waals surface area (Å²) >= 11 is 2.29. The van der Waals surface area contributed by atoms with Crippen LogP contribution in [0.25, 0.3) is 0 Å². The third-order valence-electron chi connectivity index (χ3n) is 2.76. The van der Waals surface area contributed by atoms with E-state index in [1.165, 1.54) is 9.13 Å². The summed E-state index contributed by atoms with van der Waals surface area (Å²) in [4.78, 5) is 0. The first-order valence-electron chi connectivity index (χ1n) is 5.69. The van der Waals surface area contributed by atoms with Crippen molar-refractivity contribution < 1.29 is 9.84 Å². The molecule has 4 heteroatoms. The second-order valence-corrected chi connectivity index (χ2v) is 5.69. The van der Waals surface area contributed by atoms with Gasteiger partial charge in [0.25, 0.3) is 0 Å². The molecule has 0 fully saturated rings. The lowest BCUT2D eigenvalue weighted by Crippen LogP contribution is -2.46. The highest BCUT2D eigenvalue weighted by atomic mass is 127. The fraction of sp³-hybridized carbons (Fsp3) is 0.538. The van der Waals surface area contributed by atoms with Crippen molar-refractivity contribution in [1.29, 1.82) is 0 Å². The molecule has 0 aliphatic rings. The molecule has 0 aliphatic carbocycles. The monoisotopic (exact) mass is 349 g/mol. The van der Waals surface area contributed by atoms with Crippen molar-refractivity contribution in [2.75, 3.05) is 20.3 Å². The molecule has 3 nitrogen and oxygen atoms in total. The summed E-state index contributed by atoms with van der Waals surface area (Å²) in [5.41, 5.74) is 1.07. The first-order valence-corrected chi connectivity index (χ1v) is 6.77. The van der Waals surface area contributed by atoms with Crippen LogP contribution in [0.5, 0.6) is 0 Å². The van der Waals surface area contributed by atoms with Crippen molar-refractivity contribution in [3.63, 3.8) is 0 Å². The molecule has 0 bridgehead atoms. The number of nitrogens with one attached hydrogen (secondary N) is 1. The second kappa shape index (κ2) is 7.31. The van der Waals surface area contributed by atoms with Crippen LogP contribution in [0, 0.1) is 3.57 Å². The molecule has 0 spiro atoms. The van der Waals surface area contributed by atoms with Gasteiger partial charge in [-0.25, -0.2) is 0 Å². The number of methoxy groups -OCH3 is 1. The van der Waals surface area contributed by atoms with E-state index in [1.807, 2.05) is 0 Å². The van der Waals surface area contributed by atoms with Crippen LogP contribution < -0.4 is 5.32 Å². The number of rotatable bonds is 7. The van der Waals surface area contributed by atoms with Crippen molar-refractivity contribution in [2.45, 2.75) is 25.4 Å². The van der Waals surface area contributed by atoms with Gasteiger partial charge in [0.05, 0.1) is 6.61 Å². The maximum absolute atomic E-state index is 9.07. The molecule has 17 heavy (non-hydrogen) atoms. The van der Waals surface area contributed by atoms with E-state index in [2.05, 4.69) is 59.1 Å². The molecule has 0 amide bonds. The van der Waals surface area contributed by atoms with Gasteiger partial charge < -0.3 is 15.2 Å². The molecule has 1 rings (SSSR count). The molecule has 1 atom stereocenters. The summed E-state index contributed by atoms with van der Waals surface area (Å²) in [6.07, 6.45) is 0.686. The Hall–Kier alpha value is -0.170. The van der Waals surface area contributed by atoms with Crippen molar-refractivity contribution >= 4 is 22.6 Å². The normalized spacial score (nSPS) is 14.6. The van der Waals surface area contributed by atoms with Crippen LogP contribution in [0.1, 0.15) is 18.9 Å². The first-order chi connectivity index (χ1) is 8.09. The van der Waals surface area contributed by atoms with Crippen LogP contribution in [-0.2, 0) is 11.3 Å².